The second kappa shape index (κ2) is 8.23. The van der Waals surface area contributed by atoms with Gasteiger partial charge in [-0.2, -0.15) is 0 Å². The van der Waals surface area contributed by atoms with Gasteiger partial charge in [0.05, 0.1) is 28.8 Å². The van der Waals surface area contributed by atoms with Crippen molar-refractivity contribution in [2.45, 2.75) is 13.0 Å². The molecule has 0 aliphatic carbocycles. The van der Waals surface area contributed by atoms with Gasteiger partial charge in [0.1, 0.15) is 11.3 Å². The smallest absolute Gasteiger partial charge is 0.295 e. The molecule has 1 unspecified atom stereocenters. The molecule has 1 saturated heterocycles. The van der Waals surface area contributed by atoms with Crippen LogP contribution < -0.4 is 0 Å². The van der Waals surface area contributed by atoms with Crippen LogP contribution in [0.4, 0.5) is 5.69 Å². The maximum atomic E-state index is 13.1. The minimum absolute atomic E-state index is 0.0668. The van der Waals surface area contributed by atoms with E-state index in [1.165, 1.54) is 30.2 Å². The monoisotopic (exact) mass is 436 g/mol. The summed E-state index contributed by atoms with van der Waals surface area (Å²) < 4.78 is 6.69. The molecule has 0 bridgehead atoms. The molecular formula is C22H20N4O6. The SMILES string of the molecule is COCCN1C(=O)C(=O)/C(=C(/O)c2c(C)nc3ccccn23)C1c1cccc([N+](=O)[O-])c1. The number of nitrogens with zero attached hydrogens (tertiary/aromatic N) is 4. The Balaban J connectivity index is 1.96. The summed E-state index contributed by atoms with van der Waals surface area (Å²) in [5.41, 5.74) is 1.30. The van der Waals surface area contributed by atoms with Crippen LogP contribution >= 0.6 is 0 Å². The van der Waals surface area contributed by atoms with Gasteiger partial charge in [-0.05, 0) is 24.6 Å². The third kappa shape index (κ3) is 3.40. The van der Waals surface area contributed by atoms with E-state index in [1.54, 1.807) is 41.8 Å². The number of amides is 1. The number of rotatable bonds is 6. The normalized spacial score (nSPS) is 17.9. The Bertz CT molecular complexity index is 1280. The molecule has 1 amide bonds. The van der Waals surface area contributed by atoms with Crippen molar-refractivity contribution >= 4 is 28.8 Å². The van der Waals surface area contributed by atoms with Gasteiger partial charge >= 0.3 is 0 Å². The lowest BCUT2D eigenvalue weighted by Gasteiger charge is -2.24. The number of benzene rings is 1. The Morgan fingerprint density at radius 2 is 2.03 bits per heavy atom. The number of pyridine rings is 1. The van der Waals surface area contributed by atoms with Crippen LogP contribution in [0.15, 0.2) is 54.2 Å². The fraction of sp³-hybridized carbons (Fsp3) is 0.227. The number of likely N-dealkylation sites (tertiary alicyclic amines) is 1. The molecule has 3 heterocycles. The van der Waals surface area contributed by atoms with E-state index in [9.17, 15) is 24.8 Å². The molecule has 1 N–H and O–H groups in total. The lowest BCUT2D eigenvalue weighted by Crippen LogP contribution is -2.32. The van der Waals surface area contributed by atoms with Crippen LogP contribution in [0.1, 0.15) is 23.0 Å². The number of ketones is 1. The molecule has 4 rings (SSSR count). The van der Waals surface area contributed by atoms with Crippen LogP contribution in [-0.2, 0) is 14.3 Å². The van der Waals surface area contributed by atoms with Gasteiger partial charge in [0.25, 0.3) is 17.4 Å². The molecule has 0 spiro atoms. The third-order valence-corrected chi connectivity index (χ3v) is 5.40. The summed E-state index contributed by atoms with van der Waals surface area (Å²) in [7, 11) is 1.46. The summed E-state index contributed by atoms with van der Waals surface area (Å²) in [6, 6.07) is 9.95. The van der Waals surface area contributed by atoms with Gasteiger partial charge in [0.2, 0.25) is 0 Å². The molecule has 3 aromatic rings. The van der Waals surface area contributed by atoms with Gasteiger partial charge in [-0.1, -0.05) is 18.2 Å². The van der Waals surface area contributed by atoms with Crippen LogP contribution in [0.2, 0.25) is 0 Å². The summed E-state index contributed by atoms with van der Waals surface area (Å²) in [5, 5.41) is 22.6. The van der Waals surface area contributed by atoms with Crippen LogP contribution in [0, 0.1) is 17.0 Å². The van der Waals surface area contributed by atoms with E-state index in [1.807, 2.05) is 0 Å². The first-order chi connectivity index (χ1) is 15.3. The maximum Gasteiger partial charge on any atom is 0.295 e. The number of nitro groups is 1. The summed E-state index contributed by atoms with van der Waals surface area (Å²) in [6.45, 7) is 1.90. The number of carbonyl (C=O) groups excluding carboxylic acids is 2. The molecule has 2 aromatic heterocycles. The number of aliphatic hydroxyl groups excluding tert-OH is 1. The quantitative estimate of drug-likeness (QED) is 0.207. The summed E-state index contributed by atoms with van der Waals surface area (Å²) in [4.78, 5) is 42.3. The van der Waals surface area contributed by atoms with Gasteiger partial charge in [-0.3, -0.25) is 24.1 Å². The lowest BCUT2D eigenvalue weighted by molar-refractivity contribution is -0.384. The second-order valence-corrected chi connectivity index (χ2v) is 7.31. The number of fused-ring (bicyclic) bond motifs is 1. The standard InChI is InChI=1S/C22H20N4O6/c1-13-18(24-9-4-3-8-16(24)23-13)20(27)17-19(14-6-5-7-15(12-14)26(30)31)25(10-11-32-2)22(29)21(17)28/h3-9,12,19,27H,10-11H2,1-2H3/b20-17+. The van der Waals surface area contributed by atoms with E-state index >= 15 is 0 Å². The summed E-state index contributed by atoms with van der Waals surface area (Å²) in [5.74, 6) is -2.08. The molecule has 1 aliphatic rings. The maximum absolute atomic E-state index is 13.1. The Hall–Kier alpha value is -4.05. The molecule has 10 heteroatoms. The van der Waals surface area contributed by atoms with Gasteiger partial charge in [-0.25, -0.2) is 4.98 Å². The first-order valence-corrected chi connectivity index (χ1v) is 9.81. The Labute approximate surface area is 182 Å². The van der Waals surface area contributed by atoms with E-state index in [2.05, 4.69) is 4.98 Å². The van der Waals surface area contributed by atoms with Crippen molar-refractivity contribution in [1.82, 2.24) is 14.3 Å². The zero-order valence-corrected chi connectivity index (χ0v) is 17.4. The Morgan fingerprint density at radius 3 is 2.75 bits per heavy atom. The number of aromatic nitrogens is 2. The number of carbonyl (C=O) groups is 2. The molecule has 32 heavy (non-hydrogen) atoms. The molecule has 1 fully saturated rings. The number of imidazole rings is 1. The molecular weight excluding hydrogens is 416 g/mol. The molecule has 0 radical (unpaired) electrons. The van der Waals surface area contributed by atoms with Gasteiger partial charge in [0, 0.05) is 32.0 Å². The minimum atomic E-state index is -1.02. The Morgan fingerprint density at radius 1 is 1.25 bits per heavy atom. The summed E-state index contributed by atoms with van der Waals surface area (Å²) >= 11 is 0. The molecule has 1 atom stereocenters. The van der Waals surface area contributed by atoms with Gasteiger partial charge in [0.15, 0.2) is 5.76 Å². The third-order valence-electron chi connectivity index (χ3n) is 5.40. The number of ether oxygens (including phenoxy) is 1. The van der Waals surface area contributed by atoms with Crippen molar-refractivity contribution in [3.05, 3.63) is 81.3 Å². The van der Waals surface area contributed by atoms with Gasteiger partial charge in [-0.15, -0.1) is 0 Å². The van der Waals surface area contributed by atoms with Crippen molar-refractivity contribution in [2.75, 3.05) is 20.3 Å². The number of non-ortho nitro benzene ring substituents is 1. The van der Waals surface area contributed by atoms with Crippen LogP contribution in [0.5, 0.6) is 0 Å². The number of aliphatic hydroxyl groups is 1. The van der Waals surface area contributed by atoms with E-state index in [0.29, 0.717) is 16.9 Å². The van der Waals surface area contributed by atoms with E-state index in [-0.39, 0.29) is 30.1 Å². The first kappa shape index (κ1) is 21.2. The van der Waals surface area contributed by atoms with E-state index in [0.717, 1.165) is 0 Å². The fourth-order valence-electron chi connectivity index (χ4n) is 3.98. The number of hydrogen-bond acceptors (Lipinski definition) is 7. The predicted octanol–water partition coefficient (Wildman–Crippen LogP) is 2.62. The van der Waals surface area contributed by atoms with Crippen LogP contribution in [-0.4, -0.2) is 56.3 Å². The Kier molecular flexibility index (Phi) is 5.45. The number of nitro benzene ring substituents is 1. The second-order valence-electron chi connectivity index (χ2n) is 7.31. The average molecular weight is 436 g/mol. The number of methoxy groups -OCH3 is 1. The van der Waals surface area contributed by atoms with Crippen molar-refractivity contribution in [3.63, 3.8) is 0 Å². The molecule has 164 valence electrons. The highest BCUT2D eigenvalue weighted by Gasteiger charge is 2.46. The van der Waals surface area contributed by atoms with Crippen molar-refractivity contribution in [2.24, 2.45) is 0 Å². The summed E-state index contributed by atoms with van der Waals surface area (Å²) in [6.07, 6.45) is 1.69. The fourth-order valence-corrected chi connectivity index (χ4v) is 3.98. The van der Waals surface area contributed by atoms with Crippen LogP contribution in [0.25, 0.3) is 11.4 Å². The van der Waals surface area contributed by atoms with Crippen molar-refractivity contribution < 1.29 is 24.4 Å². The van der Waals surface area contributed by atoms with Crippen molar-refractivity contribution in [1.29, 1.82) is 0 Å². The van der Waals surface area contributed by atoms with Crippen LogP contribution in [0.3, 0.4) is 0 Å². The number of Topliss-reactive ketones (excluding diaryl/α,β-unsaturated/α-hetero) is 1. The molecule has 10 nitrogen and oxygen atoms in total. The lowest BCUT2D eigenvalue weighted by atomic mass is 9.96. The van der Waals surface area contributed by atoms with E-state index in [4.69, 9.17) is 4.74 Å². The highest BCUT2D eigenvalue weighted by atomic mass is 16.6. The molecule has 0 saturated carbocycles. The van der Waals surface area contributed by atoms with E-state index < -0.39 is 28.4 Å². The first-order valence-electron chi connectivity index (χ1n) is 9.81. The predicted molar refractivity (Wildman–Crippen MR) is 114 cm³/mol. The zero-order valence-electron chi connectivity index (χ0n) is 17.4. The van der Waals surface area contributed by atoms with Crippen molar-refractivity contribution in [3.8, 4) is 0 Å². The largest absolute Gasteiger partial charge is 0.505 e. The highest BCUT2D eigenvalue weighted by molar-refractivity contribution is 6.46. The average Bonchev–Trinajstić information content (AvgIpc) is 3.25. The topological polar surface area (TPSA) is 127 Å². The zero-order chi connectivity index (χ0) is 23.0. The molecule has 1 aromatic carbocycles. The highest BCUT2D eigenvalue weighted by Crippen LogP contribution is 2.40. The van der Waals surface area contributed by atoms with Gasteiger partial charge < -0.3 is 14.7 Å². The number of hydrogen-bond donors (Lipinski definition) is 1. The minimum Gasteiger partial charge on any atom is -0.505 e. The molecule has 1 aliphatic heterocycles. The number of aryl methyl sites for hydroxylation is 1.